The van der Waals surface area contributed by atoms with E-state index in [-0.39, 0.29) is 35.7 Å². The highest BCUT2D eigenvalue weighted by molar-refractivity contribution is 7.90. The van der Waals surface area contributed by atoms with E-state index in [1.54, 1.807) is 30.3 Å². The molecule has 0 saturated carbocycles. The Kier molecular flexibility index (Phi) is 7.52. The van der Waals surface area contributed by atoms with E-state index in [0.717, 1.165) is 12.0 Å². The van der Waals surface area contributed by atoms with Crippen LogP contribution in [0.3, 0.4) is 0 Å². The molecule has 0 unspecified atom stereocenters. The molecule has 0 saturated heterocycles. The molecule has 35 heavy (non-hydrogen) atoms. The van der Waals surface area contributed by atoms with Crippen LogP contribution in [-0.2, 0) is 34.1 Å². The van der Waals surface area contributed by atoms with Crippen LogP contribution >= 0.6 is 0 Å². The molecule has 1 aliphatic heterocycles. The molecule has 1 atom stereocenters. The van der Waals surface area contributed by atoms with Crippen molar-refractivity contribution in [2.75, 3.05) is 12.9 Å². The topological polar surface area (TPSA) is 94.5 Å². The summed E-state index contributed by atoms with van der Waals surface area (Å²) in [6, 6.07) is 18.0. The number of nitrogens with zero attached hydrogens (tertiary/aromatic N) is 1. The number of carbonyl (C=O) groups excluding carboxylic acids is 2. The van der Waals surface area contributed by atoms with Crippen LogP contribution in [0.5, 0.6) is 0 Å². The van der Waals surface area contributed by atoms with E-state index in [1.165, 1.54) is 6.26 Å². The summed E-state index contributed by atoms with van der Waals surface area (Å²) in [6.07, 6.45) is 2.33. The molecule has 0 aliphatic carbocycles. The summed E-state index contributed by atoms with van der Waals surface area (Å²) in [5, 5.41) is 3.10. The summed E-state index contributed by atoms with van der Waals surface area (Å²) in [6.45, 7) is 3.22. The van der Waals surface area contributed by atoms with Gasteiger partial charge in [-0.3, -0.25) is 9.59 Å². The fraction of sp³-hybridized carbons (Fsp3) is 0.333. The molecule has 0 bridgehead atoms. The van der Waals surface area contributed by atoms with Crippen molar-refractivity contribution in [1.82, 2.24) is 9.88 Å². The summed E-state index contributed by atoms with van der Waals surface area (Å²) in [5.74, 6) is -0.373. The van der Waals surface area contributed by atoms with Gasteiger partial charge in [0.05, 0.1) is 41.1 Å². The van der Waals surface area contributed by atoms with E-state index >= 15 is 0 Å². The Labute approximate surface area is 206 Å². The van der Waals surface area contributed by atoms with Crippen molar-refractivity contribution in [3.8, 4) is 0 Å². The molecule has 8 heteroatoms. The van der Waals surface area contributed by atoms with Gasteiger partial charge in [0.25, 0.3) is 5.91 Å². The van der Waals surface area contributed by atoms with Gasteiger partial charge in [0, 0.05) is 19.2 Å². The Bertz CT molecular complexity index is 1330. The third-order valence-electron chi connectivity index (χ3n) is 6.35. The number of hydrogen-bond donors (Lipinski definition) is 1. The Balaban J connectivity index is 1.57. The van der Waals surface area contributed by atoms with Crippen LogP contribution in [0.2, 0.25) is 0 Å². The smallest absolute Gasteiger partial charge is 0.253 e. The Morgan fingerprint density at radius 3 is 2.51 bits per heavy atom. The number of aryl methyl sites for hydroxylation is 1. The largest absolute Gasteiger partial charge is 0.373 e. The third kappa shape index (κ3) is 5.55. The number of fused-ring (bicyclic) bond motifs is 1. The van der Waals surface area contributed by atoms with Gasteiger partial charge in [-0.05, 0) is 36.1 Å². The van der Waals surface area contributed by atoms with Gasteiger partial charge >= 0.3 is 0 Å². The first-order valence-corrected chi connectivity index (χ1v) is 13.7. The quantitative estimate of drug-likeness (QED) is 0.452. The van der Waals surface area contributed by atoms with Crippen molar-refractivity contribution in [1.29, 1.82) is 0 Å². The highest BCUT2D eigenvalue weighted by atomic mass is 32.2. The zero-order valence-electron chi connectivity index (χ0n) is 20.0. The Morgan fingerprint density at radius 1 is 1.09 bits per heavy atom. The number of ether oxygens (including phenoxy) is 1. The number of rotatable bonds is 9. The molecule has 0 radical (unpaired) electrons. The van der Waals surface area contributed by atoms with Crippen molar-refractivity contribution in [2.45, 2.75) is 50.3 Å². The van der Waals surface area contributed by atoms with Gasteiger partial charge in [-0.2, -0.15) is 0 Å². The van der Waals surface area contributed by atoms with Crippen molar-refractivity contribution in [3.05, 3.63) is 88.7 Å². The number of benzene rings is 2. The summed E-state index contributed by atoms with van der Waals surface area (Å²) < 4.78 is 31.7. The average molecular weight is 495 g/mol. The van der Waals surface area contributed by atoms with Crippen LogP contribution in [0.15, 0.2) is 65.6 Å². The number of carbonyl (C=O) groups is 2. The van der Waals surface area contributed by atoms with Crippen LogP contribution in [0.1, 0.15) is 63.5 Å². The molecule has 0 spiro atoms. The fourth-order valence-corrected chi connectivity index (χ4v) is 5.52. The number of aromatic nitrogens is 1. The number of hydrogen-bond acceptors (Lipinski definition) is 5. The van der Waals surface area contributed by atoms with Crippen LogP contribution in [0, 0.1) is 0 Å². The molecule has 1 amide bonds. The molecule has 1 N–H and O–H groups in total. The highest BCUT2D eigenvalue weighted by Crippen LogP contribution is 2.25. The molecule has 184 valence electrons. The van der Waals surface area contributed by atoms with Crippen molar-refractivity contribution in [3.63, 3.8) is 0 Å². The van der Waals surface area contributed by atoms with Gasteiger partial charge in [-0.15, -0.1) is 0 Å². The van der Waals surface area contributed by atoms with Gasteiger partial charge in [0.15, 0.2) is 15.6 Å². The molecule has 7 nitrogen and oxygen atoms in total. The number of sulfone groups is 1. The van der Waals surface area contributed by atoms with Crippen LogP contribution in [-0.4, -0.2) is 37.5 Å². The minimum Gasteiger partial charge on any atom is -0.373 e. The van der Waals surface area contributed by atoms with E-state index < -0.39 is 9.84 Å². The van der Waals surface area contributed by atoms with Gasteiger partial charge in [-0.1, -0.05) is 55.5 Å². The first-order valence-electron chi connectivity index (χ1n) is 11.8. The van der Waals surface area contributed by atoms with Crippen LogP contribution in [0.25, 0.3) is 0 Å². The van der Waals surface area contributed by atoms with E-state index in [9.17, 15) is 18.0 Å². The zero-order valence-corrected chi connectivity index (χ0v) is 20.8. The maximum absolute atomic E-state index is 13.3. The molecule has 1 aromatic heterocycles. The number of Topliss-reactive ketones (excluding diaryl/α,β-unsaturated/α-hetero) is 1. The van der Waals surface area contributed by atoms with Crippen molar-refractivity contribution in [2.24, 2.45) is 0 Å². The van der Waals surface area contributed by atoms with E-state index in [2.05, 4.69) is 5.32 Å². The second-order valence-electron chi connectivity index (χ2n) is 8.74. The minimum absolute atomic E-state index is 0.134. The molecule has 0 fully saturated rings. The lowest BCUT2D eigenvalue weighted by molar-refractivity contribution is 0.0782. The standard InChI is InChI=1S/C27H30N2O5S/c1-3-22(19-9-5-4-6-10-19)28-27(31)21-17-23(29-15-16-34-18-24(21)29)25(30)14-13-20-11-7-8-12-26(20)35(2,32)33/h4-12,17,22H,3,13-16,18H2,1-2H3,(H,28,31)/t22-/m1/s1. The van der Waals surface area contributed by atoms with E-state index in [0.29, 0.717) is 42.1 Å². The lowest BCUT2D eigenvalue weighted by Crippen LogP contribution is -2.29. The van der Waals surface area contributed by atoms with Crippen molar-refractivity contribution < 1.29 is 22.7 Å². The SMILES string of the molecule is CC[C@@H](NC(=O)c1cc(C(=O)CCc2ccccc2S(C)(=O)=O)n2c1COCC2)c1ccccc1. The molecular formula is C27H30N2O5S. The lowest BCUT2D eigenvalue weighted by Gasteiger charge is -2.20. The fourth-order valence-electron chi connectivity index (χ4n) is 4.54. The number of ketones is 1. The predicted molar refractivity (Wildman–Crippen MR) is 133 cm³/mol. The van der Waals surface area contributed by atoms with E-state index in [1.807, 2.05) is 41.8 Å². The molecule has 3 aromatic rings. The first-order chi connectivity index (χ1) is 16.8. The molecule has 4 rings (SSSR count). The molecule has 1 aliphatic rings. The molecule has 2 heterocycles. The van der Waals surface area contributed by atoms with Gasteiger partial charge in [0.2, 0.25) is 0 Å². The summed E-state index contributed by atoms with van der Waals surface area (Å²) >= 11 is 0. The first kappa shape index (κ1) is 24.9. The maximum Gasteiger partial charge on any atom is 0.253 e. The molecular weight excluding hydrogens is 464 g/mol. The summed E-state index contributed by atoms with van der Waals surface area (Å²) in [7, 11) is -3.39. The van der Waals surface area contributed by atoms with E-state index in [4.69, 9.17) is 4.74 Å². The van der Waals surface area contributed by atoms with Gasteiger partial charge in [0.1, 0.15) is 0 Å². The Hall–Kier alpha value is -3.23. The van der Waals surface area contributed by atoms with Gasteiger partial charge in [-0.25, -0.2) is 8.42 Å². The normalized spacial score (nSPS) is 14.2. The van der Waals surface area contributed by atoms with Gasteiger partial charge < -0.3 is 14.6 Å². The third-order valence-corrected chi connectivity index (χ3v) is 7.54. The summed E-state index contributed by atoms with van der Waals surface area (Å²) in [4.78, 5) is 26.8. The minimum atomic E-state index is -3.39. The van der Waals surface area contributed by atoms with Crippen LogP contribution in [0.4, 0.5) is 0 Å². The zero-order chi connectivity index (χ0) is 25.0. The number of amides is 1. The maximum atomic E-state index is 13.3. The molecule has 2 aromatic carbocycles. The average Bonchev–Trinajstić information content (AvgIpc) is 3.26. The predicted octanol–water partition coefficient (Wildman–Crippen LogP) is 4.12. The lowest BCUT2D eigenvalue weighted by atomic mass is 10.0. The number of nitrogens with one attached hydrogen (secondary N) is 1. The Morgan fingerprint density at radius 2 is 1.80 bits per heavy atom. The second kappa shape index (κ2) is 10.6. The van der Waals surface area contributed by atoms with Crippen LogP contribution < -0.4 is 5.32 Å². The summed E-state index contributed by atoms with van der Waals surface area (Å²) in [5.41, 5.74) is 3.23. The second-order valence-corrected chi connectivity index (χ2v) is 10.7. The monoisotopic (exact) mass is 494 g/mol. The highest BCUT2D eigenvalue weighted by Gasteiger charge is 2.27. The van der Waals surface area contributed by atoms with Crippen molar-refractivity contribution >= 4 is 21.5 Å².